The minimum absolute atomic E-state index is 0.0937. The maximum Gasteiger partial charge on any atom is 0.279 e. The third kappa shape index (κ3) is 3.16. The number of H-pyrrole nitrogens is 1. The largest absolute Gasteiger partial charge is 0.497 e. The number of fused-ring (bicyclic) bond motifs is 1. The van der Waals surface area contributed by atoms with Crippen molar-refractivity contribution in [1.82, 2.24) is 19.5 Å². The number of rotatable bonds is 5. The molecule has 1 aromatic carbocycles. The molecule has 1 aliphatic rings. The van der Waals surface area contributed by atoms with Gasteiger partial charge in [-0.3, -0.25) is 9.36 Å². The zero-order valence-corrected chi connectivity index (χ0v) is 15.0. The Bertz CT molecular complexity index is 1030. The number of nitrogens with one attached hydrogen (secondary N) is 1. The van der Waals surface area contributed by atoms with Crippen LogP contribution in [0.1, 0.15) is 17.6 Å². The second-order valence-electron chi connectivity index (χ2n) is 6.59. The van der Waals surface area contributed by atoms with E-state index in [0.29, 0.717) is 12.2 Å². The number of imidazole rings is 1. The van der Waals surface area contributed by atoms with E-state index in [9.17, 15) is 20.1 Å². The third-order valence-corrected chi connectivity index (χ3v) is 4.80. The van der Waals surface area contributed by atoms with E-state index in [0.717, 1.165) is 11.3 Å². The van der Waals surface area contributed by atoms with Crippen molar-refractivity contribution in [3.63, 3.8) is 0 Å². The van der Waals surface area contributed by atoms with E-state index in [1.165, 1.54) is 10.9 Å². The fourth-order valence-corrected chi connectivity index (χ4v) is 3.29. The fraction of sp³-hybridized carbons (Fsp3) is 0.389. The Balaban J connectivity index is 1.69. The van der Waals surface area contributed by atoms with Crippen LogP contribution in [0.4, 0.5) is 0 Å². The van der Waals surface area contributed by atoms with E-state index < -0.39 is 36.7 Å². The number of aliphatic hydroxyl groups is 3. The van der Waals surface area contributed by atoms with Crippen LogP contribution in [0.15, 0.2) is 35.4 Å². The summed E-state index contributed by atoms with van der Waals surface area (Å²) in [4.78, 5) is 23.6. The van der Waals surface area contributed by atoms with E-state index >= 15 is 0 Å². The molecule has 10 heteroatoms. The summed E-state index contributed by atoms with van der Waals surface area (Å²) in [6, 6.07) is 7.36. The molecule has 28 heavy (non-hydrogen) atoms. The standard InChI is InChI=1S/C18H20N4O6/c1-27-10-4-2-9(3-5-10)6-12-20-16-13(17(26)21-12)19-8-22(16)18-15(25)14(24)11(7-23)28-18/h2-5,8,11,14-15,18,23-25H,6-7H2,1H3,(H,20,21,26). The van der Waals surface area contributed by atoms with Gasteiger partial charge in [0.15, 0.2) is 17.4 Å². The molecular formula is C18H20N4O6. The zero-order chi connectivity index (χ0) is 19.8. The molecule has 4 N–H and O–H groups in total. The van der Waals surface area contributed by atoms with Gasteiger partial charge in [0, 0.05) is 6.42 Å². The maximum absolute atomic E-state index is 12.4. The normalized spacial score (nSPS) is 24.7. The molecule has 0 spiro atoms. The van der Waals surface area contributed by atoms with Gasteiger partial charge in [-0.05, 0) is 17.7 Å². The average molecular weight is 388 g/mol. The number of hydrogen-bond acceptors (Lipinski definition) is 8. The van der Waals surface area contributed by atoms with Crippen LogP contribution in [0.5, 0.6) is 5.75 Å². The topological polar surface area (TPSA) is 143 Å². The van der Waals surface area contributed by atoms with Gasteiger partial charge in [0.1, 0.15) is 29.9 Å². The molecule has 0 radical (unpaired) electrons. The number of nitrogens with zero attached hydrogens (tertiary/aromatic N) is 3. The van der Waals surface area contributed by atoms with Crippen LogP contribution in [0, 0.1) is 0 Å². The number of benzene rings is 1. The highest BCUT2D eigenvalue weighted by molar-refractivity contribution is 5.69. The van der Waals surface area contributed by atoms with Crippen LogP contribution in [0.25, 0.3) is 11.2 Å². The monoisotopic (exact) mass is 388 g/mol. The number of aromatic nitrogens is 4. The highest BCUT2D eigenvalue weighted by Crippen LogP contribution is 2.30. The molecule has 1 aliphatic heterocycles. The van der Waals surface area contributed by atoms with Crippen molar-refractivity contribution in [3.05, 3.63) is 52.3 Å². The summed E-state index contributed by atoms with van der Waals surface area (Å²) in [5.74, 6) is 1.14. The third-order valence-electron chi connectivity index (χ3n) is 4.80. The molecule has 0 aliphatic carbocycles. The molecule has 0 bridgehead atoms. The Kier molecular flexibility index (Phi) is 4.85. The van der Waals surface area contributed by atoms with E-state index in [1.54, 1.807) is 7.11 Å². The molecule has 4 unspecified atom stereocenters. The van der Waals surface area contributed by atoms with Crippen molar-refractivity contribution >= 4 is 11.2 Å². The van der Waals surface area contributed by atoms with Gasteiger partial charge in [-0.15, -0.1) is 0 Å². The van der Waals surface area contributed by atoms with Gasteiger partial charge in [0.2, 0.25) is 0 Å². The second kappa shape index (κ2) is 7.32. The van der Waals surface area contributed by atoms with E-state index in [-0.39, 0.29) is 11.2 Å². The van der Waals surface area contributed by atoms with Crippen molar-refractivity contribution in [2.75, 3.05) is 13.7 Å². The Morgan fingerprint density at radius 1 is 1.25 bits per heavy atom. The molecule has 3 heterocycles. The first kappa shape index (κ1) is 18.6. The maximum atomic E-state index is 12.4. The van der Waals surface area contributed by atoms with Crippen molar-refractivity contribution in [3.8, 4) is 5.75 Å². The van der Waals surface area contributed by atoms with Crippen LogP contribution in [-0.2, 0) is 11.2 Å². The summed E-state index contributed by atoms with van der Waals surface area (Å²) in [5, 5.41) is 29.5. The quantitative estimate of drug-likeness (QED) is 0.451. The molecule has 0 saturated carbocycles. The number of ether oxygens (including phenoxy) is 2. The number of methoxy groups -OCH3 is 1. The van der Waals surface area contributed by atoms with Crippen LogP contribution in [0.2, 0.25) is 0 Å². The molecular weight excluding hydrogens is 368 g/mol. The summed E-state index contributed by atoms with van der Waals surface area (Å²) < 4.78 is 12.0. The molecule has 4 atom stereocenters. The van der Waals surface area contributed by atoms with Gasteiger partial charge in [0.05, 0.1) is 20.0 Å². The van der Waals surface area contributed by atoms with Crippen molar-refractivity contribution in [1.29, 1.82) is 0 Å². The fourth-order valence-electron chi connectivity index (χ4n) is 3.29. The molecule has 3 aromatic rings. The zero-order valence-electron chi connectivity index (χ0n) is 15.0. The summed E-state index contributed by atoms with van der Waals surface area (Å²) in [6.07, 6.45) is -2.80. The first-order valence-corrected chi connectivity index (χ1v) is 8.73. The molecule has 1 saturated heterocycles. The van der Waals surface area contributed by atoms with Gasteiger partial charge in [-0.1, -0.05) is 12.1 Å². The van der Waals surface area contributed by atoms with Gasteiger partial charge >= 0.3 is 0 Å². The van der Waals surface area contributed by atoms with Crippen molar-refractivity contribution < 1.29 is 24.8 Å². The van der Waals surface area contributed by atoms with Crippen LogP contribution >= 0.6 is 0 Å². The summed E-state index contributed by atoms with van der Waals surface area (Å²) >= 11 is 0. The van der Waals surface area contributed by atoms with Gasteiger partial charge < -0.3 is 29.8 Å². The lowest BCUT2D eigenvalue weighted by Crippen LogP contribution is -2.33. The molecule has 0 amide bonds. The van der Waals surface area contributed by atoms with Crippen LogP contribution < -0.4 is 10.3 Å². The molecule has 10 nitrogen and oxygen atoms in total. The number of aromatic amines is 1. The van der Waals surface area contributed by atoms with Crippen LogP contribution in [0.3, 0.4) is 0 Å². The minimum atomic E-state index is -1.29. The Morgan fingerprint density at radius 2 is 2.00 bits per heavy atom. The van der Waals surface area contributed by atoms with Crippen LogP contribution in [-0.4, -0.2) is 66.9 Å². The summed E-state index contributed by atoms with van der Waals surface area (Å²) in [7, 11) is 1.58. The van der Waals surface area contributed by atoms with E-state index in [1.807, 2.05) is 24.3 Å². The predicted octanol–water partition coefficient (Wildman–Crippen LogP) is -0.670. The lowest BCUT2D eigenvalue weighted by Gasteiger charge is -2.16. The second-order valence-corrected chi connectivity index (χ2v) is 6.59. The van der Waals surface area contributed by atoms with E-state index in [2.05, 4.69) is 15.0 Å². The lowest BCUT2D eigenvalue weighted by molar-refractivity contribution is -0.0511. The number of aliphatic hydroxyl groups excluding tert-OH is 3. The molecule has 1 fully saturated rings. The highest BCUT2D eigenvalue weighted by Gasteiger charge is 2.44. The SMILES string of the molecule is COc1ccc(Cc2nc3c(ncn3C3OC(CO)C(O)C3O)c(=O)[nH]2)cc1. The first-order chi connectivity index (χ1) is 13.5. The number of hydrogen-bond donors (Lipinski definition) is 4. The Labute approximate surface area is 159 Å². The van der Waals surface area contributed by atoms with E-state index in [4.69, 9.17) is 9.47 Å². The van der Waals surface area contributed by atoms with Crippen molar-refractivity contribution in [2.24, 2.45) is 0 Å². The smallest absolute Gasteiger partial charge is 0.279 e. The van der Waals surface area contributed by atoms with Gasteiger partial charge in [-0.25, -0.2) is 9.97 Å². The molecule has 4 rings (SSSR count). The molecule has 148 valence electrons. The van der Waals surface area contributed by atoms with Gasteiger partial charge in [-0.2, -0.15) is 0 Å². The minimum Gasteiger partial charge on any atom is -0.497 e. The van der Waals surface area contributed by atoms with Crippen molar-refractivity contribution in [2.45, 2.75) is 31.0 Å². The first-order valence-electron chi connectivity index (χ1n) is 8.73. The highest BCUT2D eigenvalue weighted by atomic mass is 16.6. The average Bonchev–Trinajstić information content (AvgIpc) is 3.24. The van der Waals surface area contributed by atoms with Gasteiger partial charge in [0.25, 0.3) is 5.56 Å². The molecule has 2 aromatic heterocycles. The lowest BCUT2D eigenvalue weighted by atomic mass is 10.1. The predicted molar refractivity (Wildman–Crippen MR) is 97.0 cm³/mol. The summed E-state index contributed by atoms with van der Waals surface area (Å²) in [6.45, 7) is -0.446. The Hall–Kier alpha value is -2.79. The summed E-state index contributed by atoms with van der Waals surface area (Å²) in [5.41, 5.74) is 0.819. The Morgan fingerprint density at radius 3 is 2.64 bits per heavy atom.